The first kappa shape index (κ1) is 22.1. The van der Waals surface area contributed by atoms with Gasteiger partial charge in [0.1, 0.15) is 0 Å². The molecule has 0 aliphatic carbocycles. The van der Waals surface area contributed by atoms with E-state index in [9.17, 15) is 10.2 Å². The predicted octanol–water partition coefficient (Wildman–Crippen LogP) is 3.80. The molecule has 0 aromatic carbocycles. The molecule has 2 N–H and O–H groups in total. The first-order valence-electron chi connectivity index (χ1n) is 11.5. The third-order valence-electron chi connectivity index (χ3n) is 6.16. The second-order valence-corrected chi connectivity index (χ2v) is 8.73. The van der Waals surface area contributed by atoms with E-state index < -0.39 is 0 Å². The van der Waals surface area contributed by atoms with Crippen molar-refractivity contribution < 1.29 is 10.2 Å². The first-order chi connectivity index (χ1) is 12.7. The van der Waals surface area contributed by atoms with Gasteiger partial charge in [0.15, 0.2) is 0 Å². The number of unbranched alkanes of at least 4 members (excludes halogenated alkanes) is 5. The van der Waals surface area contributed by atoms with Crippen LogP contribution in [0.25, 0.3) is 0 Å². The highest BCUT2D eigenvalue weighted by Gasteiger charge is 2.15. The maximum atomic E-state index is 10.2. The summed E-state index contributed by atoms with van der Waals surface area (Å²) in [7, 11) is 0. The summed E-state index contributed by atoms with van der Waals surface area (Å²) < 4.78 is 0. The minimum atomic E-state index is -0.127. The maximum absolute atomic E-state index is 10.2. The summed E-state index contributed by atoms with van der Waals surface area (Å²) in [5, 5.41) is 20.3. The standard InChI is InChI=1S/C22H44N2O2/c25-21(19-23-15-9-5-10-16-23)13-7-3-1-2-4-8-14-22(26)20-24-17-11-6-12-18-24/h21-22,25-26H,1-20H2/t21-,22-/m1/s1. The largest absolute Gasteiger partial charge is 0.392 e. The van der Waals surface area contributed by atoms with Crippen LogP contribution in [0.4, 0.5) is 0 Å². The number of aliphatic hydroxyl groups excluding tert-OH is 2. The molecule has 4 heteroatoms. The monoisotopic (exact) mass is 368 g/mol. The molecule has 2 atom stereocenters. The van der Waals surface area contributed by atoms with E-state index in [-0.39, 0.29) is 12.2 Å². The van der Waals surface area contributed by atoms with Gasteiger partial charge in [-0.1, -0.05) is 51.4 Å². The predicted molar refractivity (Wildman–Crippen MR) is 110 cm³/mol. The Labute approximate surface area is 161 Å². The Hall–Kier alpha value is -0.160. The van der Waals surface area contributed by atoms with Gasteiger partial charge in [0.2, 0.25) is 0 Å². The molecule has 2 rings (SSSR count). The van der Waals surface area contributed by atoms with Crippen LogP contribution in [-0.4, -0.2) is 71.5 Å². The van der Waals surface area contributed by atoms with E-state index in [2.05, 4.69) is 9.80 Å². The summed E-state index contributed by atoms with van der Waals surface area (Å²) in [6, 6.07) is 0. The smallest absolute Gasteiger partial charge is 0.0667 e. The van der Waals surface area contributed by atoms with Crippen LogP contribution < -0.4 is 0 Å². The van der Waals surface area contributed by atoms with Gasteiger partial charge in [-0.15, -0.1) is 0 Å². The lowest BCUT2D eigenvalue weighted by atomic mass is 10.0. The number of hydrogen-bond acceptors (Lipinski definition) is 4. The normalized spacial score (nSPS) is 22.4. The van der Waals surface area contributed by atoms with Crippen LogP contribution in [0.15, 0.2) is 0 Å². The van der Waals surface area contributed by atoms with Gasteiger partial charge < -0.3 is 20.0 Å². The molecule has 0 saturated carbocycles. The van der Waals surface area contributed by atoms with Crippen molar-refractivity contribution in [3.63, 3.8) is 0 Å². The Bertz CT molecular complexity index is 296. The van der Waals surface area contributed by atoms with Gasteiger partial charge in [0.25, 0.3) is 0 Å². The van der Waals surface area contributed by atoms with Crippen LogP contribution in [0.5, 0.6) is 0 Å². The van der Waals surface area contributed by atoms with E-state index in [4.69, 9.17) is 0 Å². The molecule has 4 nitrogen and oxygen atoms in total. The van der Waals surface area contributed by atoms with Crippen LogP contribution in [0.1, 0.15) is 89.9 Å². The third kappa shape index (κ3) is 10.2. The SMILES string of the molecule is O[C@H](CCCCCCCC[C@@H](O)CN1CCCCC1)CN1CCCCC1. The third-order valence-corrected chi connectivity index (χ3v) is 6.16. The van der Waals surface area contributed by atoms with Crippen LogP contribution in [0, 0.1) is 0 Å². The summed E-state index contributed by atoms with van der Waals surface area (Å²) in [6.07, 6.45) is 17.0. The van der Waals surface area contributed by atoms with Gasteiger partial charge in [-0.3, -0.25) is 0 Å². The van der Waals surface area contributed by atoms with Gasteiger partial charge in [-0.2, -0.15) is 0 Å². The molecule has 2 heterocycles. The van der Waals surface area contributed by atoms with Crippen molar-refractivity contribution in [1.82, 2.24) is 9.80 Å². The Morgan fingerprint density at radius 2 is 0.846 bits per heavy atom. The second-order valence-electron chi connectivity index (χ2n) is 8.73. The molecule has 0 bridgehead atoms. The Balaban J connectivity index is 1.35. The lowest BCUT2D eigenvalue weighted by Gasteiger charge is -2.28. The van der Waals surface area contributed by atoms with Crippen molar-refractivity contribution in [3.05, 3.63) is 0 Å². The molecular formula is C22H44N2O2. The minimum absolute atomic E-state index is 0.127. The zero-order valence-electron chi connectivity index (χ0n) is 17.1. The van der Waals surface area contributed by atoms with Crippen LogP contribution in [-0.2, 0) is 0 Å². The Morgan fingerprint density at radius 3 is 1.23 bits per heavy atom. The topological polar surface area (TPSA) is 46.9 Å². The number of hydrogen-bond donors (Lipinski definition) is 2. The average Bonchev–Trinajstić information content (AvgIpc) is 2.65. The average molecular weight is 369 g/mol. The second kappa shape index (κ2) is 13.9. The number of nitrogens with zero attached hydrogens (tertiary/aromatic N) is 2. The van der Waals surface area contributed by atoms with Crippen molar-refractivity contribution in [2.75, 3.05) is 39.3 Å². The minimum Gasteiger partial charge on any atom is -0.392 e. The molecule has 26 heavy (non-hydrogen) atoms. The van der Waals surface area contributed by atoms with E-state index in [1.807, 2.05) is 0 Å². The van der Waals surface area contributed by atoms with Crippen molar-refractivity contribution in [2.24, 2.45) is 0 Å². The van der Waals surface area contributed by atoms with E-state index >= 15 is 0 Å². The van der Waals surface area contributed by atoms with E-state index in [0.29, 0.717) is 0 Å². The molecule has 0 radical (unpaired) electrons. The summed E-state index contributed by atoms with van der Waals surface area (Å²) in [6.45, 7) is 6.49. The zero-order chi connectivity index (χ0) is 18.5. The van der Waals surface area contributed by atoms with Gasteiger partial charge in [-0.25, -0.2) is 0 Å². The number of piperidine rings is 2. The maximum Gasteiger partial charge on any atom is 0.0667 e. The van der Waals surface area contributed by atoms with Crippen LogP contribution in [0.2, 0.25) is 0 Å². The van der Waals surface area contributed by atoms with Crippen LogP contribution in [0.3, 0.4) is 0 Å². The highest BCUT2D eigenvalue weighted by molar-refractivity contribution is 4.70. The van der Waals surface area contributed by atoms with E-state index in [0.717, 1.165) is 38.8 Å². The molecule has 0 amide bonds. The van der Waals surface area contributed by atoms with E-state index in [1.54, 1.807) is 0 Å². The molecule has 0 aromatic rings. The zero-order valence-corrected chi connectivity index (χ0v) is 17.1. The molecule has 0 aromatic heterocycles. The molecule has 0 unspecified atom stereocenters. The summed E-state index contributed by atoms with van der Waals surface area (Å²) >= 11 is 0. The molecule has 2 saturated heterocycles. The fourth-order valence-electron chi connectivity index (χ4n) is 4.53. The molecule has 2 fully saturated rings. The number of rotatable bonds is 13. The fourth-order valence-corrected chi connectivity index (χ4v) is 4.53. The highest BCUT2D eigenvalue weighted by atomic mass is 16.3. The lowest BCUT2D eigenvalue weighted by molar-refractivity contribution is 0.0916. The lowest BCUT2D eigenvalue weighted by Crippen LogP contribution is -2.36. The number of likely N-dealkylation sites (tertiary alicyclic amines) is 2. The molecule has 2 aliphatic rings. The number of aliphatic hydroxyl groups is 2. The summed E-state index contributed by atoms with van der Waals surface area (Å²) in [5.74, 6) is 0. The first-order valence-corrected chi connectivity index (χ1v) is 11.5. The van der Waals surface area contributed by atoms with Gasteiger partial charge in [0, 0.05) is 13.1 Å². The molecule has 2 aliphatic heterocycles. The molecule has 0 spiro atoms. The van der Waals surface area contributed by atoms with Crippen molar-refractivity contribution >= 4 is 0 Å². The molecule has 154 valence electrons. The summed E-state index contributed by atoms with van der Waals surface area (Å²) in [4.78, 5) is 4.87. The Kier molecular flexibility index (Phi) is 11.9. The van der Waals surface area contributed by atoms with Gasteiger partial charge >= 0.3 is 0 Å². The number of β-amino-alcohol motifs (C(OH)–C–C–N with tert-alkyl or cyclic N) is 2. The van der Waals surface area contributed by atoms with Crippen molar-refractivity contribution in [3.8, 4) is 0 Å². The van der Waals surface area contributed by atoms with E-state index in [1.165, 1.54) is 90.4 Å². The fraction of sp³-hybridized carbons (Fsp3) is 1.00. The Morgan fingerprint density at radius 1 is 0.500 bits per heavy atom. The van der Waals surface area contributed by atoms with Crippen molar-refractivity contribution in [2.45, 2.75) is 102 Å². The van der Waals surface area contributed by atoms with Crippen LogP contribution >= 0.6 is 0 Å². The quantitative estimate of drug-likeness (QED) is 0.486. The highest BCUT2D eigenvalue weighted by Crippen LogP contribution is 2.15. The molecular weight excluding hydrogens is 324 g/mol. The summed E-state index contributed by atoms with van der Waals surface area (Å²) in [5.41, 5.74) is 0. The van der Waals surface area contributed by atoms with Crippen molar-refractivity contribution in [1.29, 1.82) is 0 Å². The van der Waals surface area contributed by atoms with Gasteiger partial charge in [0.05, 0.1) is 12.2 Å². The van der Waals surface area contributed by atoms with Gasteiger partial charge in [-0.05, 0) is 64.7 Å².